The molecule has 4 nitrogen and oxygen atoms in total. The number of nitrogens with zero attached hydrogens (tertiary/aromatic N) is 2. The van der Waals surface area contributed by atoms with E-state index in [1.165, 1.54) is 24.3 Å². The average Bonchev–Trinajstić information content (AvgIpc) is 2.90. The number of unbranched alkanes of at least 4 members (excludes halogenated alkanes) is 1. The summed E-state index contributed by atoms with van der Waals surface area (Å²) in [6.45, 7) is 6.24. The summed E-state index contributed by atoms with van der Waals surface area (Å²) in [7, 11) is 0. The van der Waals surface area contributed by atoms with Gasteiger partial charge in [-0.2, -0.15) is 0 Å². The fourth-order valence-corrected chi connectivity index (χ4v) is 4.95. The predicted octanol–water partition coefficient (Wildman–Crippen LogP) is 6.20. The van der Waals surface area contributed by atoms with E-state index in [9.17, 15) is 13.9 Å². The van der Waals surface area contributed by atoms with E-state index >= 15 is 0 Å². The quantitative estimate of drug-likeness (QED) is 0.256. The van der Waals surface area contributed by atoms with Gasteiger partial charge in [0, 0.05) is 50.9 Å². The van der Waals surface area contributed by atoms with Gasteiger partial charge in [-0.3, -0.25) is 4.90 Å². The topological polar surface area (TPSA) is 38.7 Å². The van der Waals surface area contributed by atoms with Crippen molar-refractivity contribution in [1.29, 1.82) is 0 Å². The molecule has 3 aromatic carbocycles. The molecule has 8 heteroatoms. The molecule has 3 aromatic rings. The van der Waals surface area contributed by atoms with Crippen LogP contribution in [0.2, 0.25) is 0 Å². The van der Waals surface area contributed by atoms with E-state index in [-0.39, 0.29) is 42.4 Å². The van der Waals surface area contributed by atoms with E-state index in [1.54, 1.807) is 0 Å². The smallest absolute Gasteiger partial charge is 0.123 e. The molecule has 1 saturated heterocycles. The van der Waals surface area contributed by atoms with Crippen LogP contribution in [-0.4, -0.2) is 66.8 Å². The normalized spacial score (nSPS) is 14.9. The van der Waals surface area contributed by atoms with Gasteiger partial charge in [0.2, 0.25) is 0 Å². The van der Waals surface area contributed by atoms with Crippen molar-refractivity contribution in [3.05, 3.63) is 102 Å². The minimum absolute atomic E-state index is 0. The van der Waals surface area contributed by atoms with Crippen LogP contribution in [0.5, 0.6) is 0 Å². The molecule has 1 aliphatic heterocycles. The number of piperazine rings is 1. The van der Waals surface area contributed by atoms with Gasteiger partial charge in [0.05, 0.1) is 6.10 Å². The van der Waals surface area contributed by atoms with Crippen molar-refractivity contribution in [1.82, 2.24) is 9.80 Å². The maximum Gasteiger partial charge on any atom is 0.123 e. The zero-order chi connectivity index (χ0) is 25.2. The van der Waals surface area contributed by atoms with Crippen LogP contribution in [0.3, 0.4) is 0 Å². The molecular weight excluding hydrogens is 527 g/mol. The third kappa shape index (κ3) is 10.2. The van der Waals surface area contributed by atoms with Crippen LogP contribution in [0.4, 0.5) is 14.5 Å². The molecule has 1 atom stereocenters. The second-order valence-electron chi connectivity index (χ2n) is 9.69. The standard InChI is InChI=1S/C30H37F2N3O.2ClH/c31-26-13-9-24(10-14-26)30(25-11-15-27(32)16-12-25)8-4-5-17-34-18-20-35(21-19-34)23-29(36)22-33-28-6-2-1-3-7-28;;/h1-3,6-7,9-16,29-30,33,36H,4-5,8,17-23H2;2*1H. The Kier molecular flexibility index (Phi) is 14.0. The number of benzene rings is 3. The lowest BCUT2D eigenvalue weighted by molar-refractivity contribution is 0.0776. The summed E-state index contributed by atoms with van der Waals surface area (Å²) in [4.78, 5) is 4.84. The summed E-state index contributed by atoms with van der Waals surface area (Å²) in [5.41, 5.74) is 3.16. The molecule has 208 valence electrons. The first-order valence-corrected chi connectivity index (χ1v) is 13.0. The Morgan fingerprint density at radius 3 is 1.79 bits per heavy atom. The lowest BCUT2D eigenvalue weighted by atomic mass is 9.87. The van der Waals surface area contributed by atoms with Gasteiger partial charge in [0.25, 0.3) is 0 Å². The van der Waals surface area contributed by atoms with Gasteiger partial charge < -0.3 is 15.3 Å². The highest BCUT2D eigenvalue weighted by Gasteiger charge is 2.20. The van der Waals surface area contributed by atoms with E-state index < -0.39 is 6.10 Å². The molecule has 0 saturated carbocycles. The van der Waals surface area contributed by atoms with E-state index in [0.29, 0.717) is 13.1 Å². The molecule has 1 heterocycles. The van der Waals surface area contributed by atoms with Crippen molar-refractivity contribution in [3.63, 3.8) is 0 Å². The number of nitrogens with one attached hydrogen (secondary N) is 1. The Hall–Kier alpha value is -2.22. The van der Waals surface area contributed by atoms with E-state index in [2.05, 4.69) is 15.1 Å². The summed E-state index contributed by atoms with van der Waals surface area (Å²) in [6, 6.07) is 23.3. The van der Waals surface area contributed by atoms with Crippen molar-refractivity contribution < 1.29 is 13.9 Å². The lowest BCUT2D eigenvalue weighted by Gasteiger charge is -2.35. The predicted molar refractivity (Wildman–Crippen MR) is 157 cm³/mol. The molecule has 4 rings (SSSR count). The van der Waals surface area contributed by atoms with Crippen LogP contribution in [0.15, 0.2) is 78.9 Å². The molecule has 1 aliphatic rings. The molecule has 0 bridgehead atoms. The highest BCUT2D eigenvalue weighted by Crippen LogP contribution is 2.30. The summed E-state index contributed by atoms with van der Waals surface area (Å²) >= 11 is 0. The number of halogens is 4. The van der Waals surface area contributed by atoms with Crippen molar-refractivity contribution >= 4 is 30.5 Å². The van der Waals surface area contributed by atoms with Gasteiger partial charge in [-0.1, -0.05) is 48.9 Å². The molecular formula is C30H39Cl2F2N3O. The Bertz CT molecular complexity index is 988. The van der Waals surface area contributed by atoms with E-state index in [1.807, 2.05) is 54.6 Å². The van der Waals surface area contributed by atoms with Crippen LogP contribution in [-0.2, 0) is 0 Å². The number of para-hydroxylation sites is 1. The second-order valence-corrected chi connectivity index (χ2v) is 9.69. The van der Waals surface area contributed by atoms with Crippen molar-refractivity contribution in [3.8, 4) is 0 Å². The van der Waals surface area contributed by atoms with Crippen LogP contribution < -0.4 is 5.32 Å². The Balaban J connectivity index is 0.00000253. The molecule has 1 fully saturated rings. The molecule has 2 N–H and O–H groups in total. The maximum atomic E-state index is 13.4. The SMILES string of the molecule is Cl.Cl.OC(CNc1ccccc1)CN1CCN(CCCCC(c2ccc(F)cc2)c2ccc(F)cc2)CC1. The number of aliphatic hydroxyl groups is 1. The van der Waals surface area contributed by atoms with Crippen molar-refractivity contribution in [2.24, 2.45) is 0 Å². The number of hydrogen-bond donors (Lipinski definition) is 2. The Morgan fingerprint density at radius 2 is 1.24 bits per heavy atom. The minimum Gasteiger partial charge on any atom is -0.390 e. The first-order chi connectivity index (χ1) is 17.6. The largest absolute Gasteiger partial charge is 0.390 e. The highest BCUT2D eigenvalue weighted by atomic mass is 35.5. The molecule has 1 unspecified atom stereocenters. The summed E-state index contributed by atoms with van der Waals surface area (Å²) in [5, 5.41) is 13.7. The van der Waals surface area contributed by atoms with Crippen LogP contribution >= 0.6 is 24.8 Å². The summed E-state index contributed by atoms with van der Waals surface area (Å²) < 4.78 is 26.9. The minimum atomic E-state index is -0.397. The van der Waals surface area contributed by atoms with Crippen LogP contribution in [0.25, 0.3) is 0 Å². The summed E-state index contributed by atoms with van der Waals surface area (Å²) in [6.07, 6.45) is 2.68. The van der Waals surface area contributed by atoms with E-state index in [0.717, 1.165) is 68.8 Å². The number of rotatable bonds is 12. The lowest BCUT2D eigenvalue weighted by Crippen LogP contribution is -2.49. The summed E-state index contributed by atoms with van der Waals surface area (Å²) in [5.74, 6) is -0.347. The first-order valence-electron chi connectivity index (χ1n) is 13.0. The third-order valence-electron chi connectivity index (χ3n) is 7.01. The van der Waals surface area contributed by atoms with Crippen molar-refractivity contribution in [2.45, 2.75) is 31.3 Å². The second kappa shape index (κ2) is 16.7. The highest BCUT2D eigenvalue weighted by molar-refractivity contribution is 5.85. The van der Waals surface area contributed by atoms with Gasteiger partial charge in [0.15, 0.2) is 0 Å². The first kappa shape index (κ1) is 32.0. The Labute approximate surface area is 237 Å². The van der Waals surface area contributed by atoms with E-state index in [4.69, 9.17) is 0 Å². The third-order valence-corrected chi connectivity index (χ3v) is 7.01. The maximum absolute atomic E-state index is 13.4. The van der Waals surface area contributed by atoms with Crippen molar-refractivity contribution in [2.75, 3.05) is 51.1 Å². The zero-order valence-electron chi connectivity index (χ0n) is 21.6. The van der Waals surface area contributed by atoms with Gasteiger partial charge in [-0.05, 0) is 66.9 Å². The zero-order valence-corrected chi connectivity index (χ0v) is 23.3. The average molecular weight is 567 g/mol. The fourth-order valence-electron chi connectivity index (χ4n) is 4.95. The van der Waals surface area contributed by atoms with Gasteiger partial charge in [-0.15, -0.1) is 24.8 Å². The molecule has 0 radical (unpaired) electrons. The van der Waals surface area contributed by atoms with Crippen LogP contribution in [0.1, 0.15) is 36.3 Å². The van der Waals surface area contributed by atoms with Gasteiger partial charge in [-0.25, -0.2) is 8.78 Å². The molecule has 0 amide bonds. The molecule has 38 heavy (non-hydrogen) atoms. The monoisotopic (exact) mass is 565 g/mol. The number of aliphatic hydroxyl groups excluding tert-OH is 1. The van der Waals surface area contributed by atoms with Crippen LogP contribution in [0, 0.1) is 11.6 Å². The number of anilines is 1. The molecule has 0 aromatic heterocycles. The van der Waals surface area contributed by atoms with Gasteiger partial charge in [0.1, 0.15) is 11.6 Å². The molecule has 0 aliphatic carbocycles. The molecule has 0 spiro atoms. The number of β-amino-alcohol motifs (C(OH)–C–C–N with tert-alkyl or cyclic N) is 1. The van der Waals surface area contributed by atoms with Gasteiger partial charge >= 0.3 is 0 Å². The number of hydrogen-bond acceptors (Lipinski definition) is 4. The Morgan fingerprint density at radius 1 is 0.711 bits per heavy atom. The fraction of sp³-hybridized carbons (Fsp3) is 0.400.